The predicted molar refractivity (Wildman–Crippen MR) is 175 cm³/mol. The van der Waals surface area contributed by atoms with Crippen LogP contribution in [0.5, 0.6) is 0 Å². The van der Waals surface area contributed by atoms with Crippen molar-refractivity contribution < 1.29 is 29.0 Å². The quantitative estimate of drug-likeness (QED) is 0.169. The van der Waals surface area contributed by atoms with Gasteiger partial charge in [-0.1, -0.05) is 45.9 Å². The number of rotatable bonds is 10. The van der Waals surface area contributed by atoms with Gasteiger partial charge in [0, 0.05) is 34.6 Å². The lowest BCUT2D eigenvalue weighted by Crippen LogP contribution is -2.63. The summed E-state index contributed by atoms with van der Waals surface area (Å²) in [4.78, 5) is 52.2. The van der Waals surface area contributed by atoms with E-state index in [4.69, 9.17) is 10.5 Å². The first-order valence-corrected chi connectivity index (χ1v) is 17.2. The highest BCUT2D eigenvalue weighted by molar-refractivity contribution is 8.00. The Bertz CT molecular complexity index is 1320. The molecule has 3 fully saturated rings. The van der Waals surface area contributed by atoms with Gasteiger partial charge in [0.05, 0.1) is 17.9 Å². The zero-order valence-corrected chi connectivity index (χ0v) is 28.4. The molecule has 2 bridgehead atoms. The van der Waals surface area contributed by atoms with Crippen LogP contribution in [0, 0.1) is 34.0 Å². The molecule has 3 aliphatic rings. The van der Waals surface area contributed by atoms with Crippen LogP contribution in [0.2, 0.25) is 0 Å². The number of amides is 2. The Morgan fingerprint density at radius 1 is 1.20 bits per heavy atom. The van der Waals surface area contributed by atoms with E-state index >= 15 is 0 Å². The molecule has 10 atom stereocenters. The summed E-state index contributed by atoms with van der Waals surface area (Å²) in [5, 5.41) is 17.1. The number of carbonyl (C=O) groups excluding carboxylic acids is 4. The van der Waals surface area contributed by atoms with Crippen molar-refractivity contribution in [2.45, 2.75) is 109 Å². The molecule has 1 aromatic carbocycles. The molecule has 0 saturated heterocycles. The standard InChI is InChI=1S/C35H51N3O6S/c1-8-33(6)17-27(34(7)20(2)12-14-35(21(3)30(33)41)15-13-26(39)29(34)35)44-28(40)19-45-25-11-9-10-24(16-25)18-37-32(43)23(5)38-31(42)22(4)36/h8-11,16,20-23,27,29-30,41H,1,12-15,17-19,36H2,2-7H3,(H,37,43)(H,38,42)/t20?,21-,22-,23-,27+,29?,30-,33+,34-,35?/m0/s1. The van der Waals surface area contributed by atoms with Gasteiger partial charge in [-0.25, -0.2) is 0 Å². The summed E-state index contributed by atoms with van der Waals surface area (Å²) >= 11 is 1.35. The molecule has 0 aromatic heterocycles. The number of ether oxygens (including phenoxy) is 1. The molecule has 3 aliphatic carbocycles. The molecule has 45 heavy (non-hydrogen) atoms. The fourth-order valence-electron chi connectivity index (χ4n) is 8.33. The number of Topliss-reactive ketones (excluding diaryl/α,β-unsaturated/α-hetero) is 1. The van der Waals surface area contributed by atoms with E-state index in [9.17, 15) is 24.3 Å². The summed E-state index contributed by atoms with van der Waals surface area (Å²) in [5.41, 5.74) is 4.86. The van der Waals surface area contributed by atoms with Crippen LogP contribution in [0.3, 0.4) is 0 Å². The summed E-state index contributed by atoms with van der Waals surface area (Å²) in [7, 11) is 0. The van der Waals surface area contributed by atoms with Crippen LogP contribution in [-0.2, 0) is 30.5 Å². The predicted octanol–water partition coefficient (Wildman–Crippen LogP) is 4.15. The fraction of sp³-hybridized carbons (Fsp3) is 0.657. The molecule has 5 N–H and O–H groups in total. The molecule has 2 amide bonds. The zero-order chi connectivity index (χ0) is 33.3. The highest BCUT2D eigenvalue weighted by atomic mass is 32.2. The second kappa shape index (κ2) is 13.6. The Balaban J connectivity index is 1.46. The molecular formula is C35H51N3O6S. The highest BCUT2D eigenvalue weighted by Crippen LogP contribution is 2.68. The highest BCUT2D eigenvalue weighted by Gasteiger charge is 2.68. The van der Waals surface area contributed by atoms with Crippen LogP contribution < -0.4 is 16.4 Å². The van der Waals surface area contributed by atoms with E-state index in [1.54, 1.807) is 19.9 Å². The van der Waals surface area contributed by atoms with Crippen LogP contribution >= 0.6 is 11.8 Å². The maximum Gasteiger partial charge on any atom is 0.316 e. The van der Waals surface area contributed by atoms with Crippen molar-refractivity contribution >= 4 is 35.3 Å². The molecule has 1 aromatic rings. The number of hydrogen-bond acceptors (Lipinski definition) is 8. The Labute approximate surface area is 271 Å². The lowest BCUT2D eigenvalue weighted by molar-refractivity contribution is -0.205. The van der Waals surface area contributed by atoms with Gasteiger partial charge in [0.2, 0.25) is 11.8 Å². The van der Waals surface area contributed by atoms with Crippen LogP contribution in [0.4, 0.5) is 0 Å². The van der Waals surface area contributed by atoms with Crippen molar-refractivity contribution in [3.8, 4) is 0 Å². The number of aliphatic hydroxyl groups excluding tert-OH is 1. The third kappa shape index (κ3) is 6.74. The first-order valence-electron chi connectivity index (χ1n) is 16.2. The average Bonchev–Trinajstić information content (AvgIpc) is 3.37. The molecule has 0 heterocycles. The van der Waals surface area contributed by atoms with Crippen LogP contribution in [-0.4, -0.2) is 58.7 Å². The monoisotopic (exact) mass is 641 g/mol. The Morgan fingerprint density at radius 3 is 2.58 bits per heavy atom. The SMILES string of the molecule is C=C[C@]1(C)C[C@@H](OC(=O)CSc2cccc(CNC(=O)[C@H](C)NC(=O)[C@H](C)N)c2)[C@]2(C)C(C)CCC3(CCC(=O)C32)[C@@H](C)[C@@H]1O. The molecule has 4 rings (SSSR count). The molecular weight excluding hydrogens is 590 g/mol. The Kier molecular flexibility index (Phi) is 10.6. The largest absolute Gasteiger partial charge is 0.461 e. The summed E-state index contributed by atoms with van der Waals surface area (Å²) in [6, 6.07) is 6.10. The van der Waals surface area contributed by atoms with Gasteiger partial charge < -0.3 is 26.2 Å². The van der Waals surface area contributed by atoms with E-state index in [0.717, 1.165) is 29.7 Å². The van der Waals surface area contributed by atoms with Gasteiger partial charge in [0.1, 0.15) is 17.9 Å². The van der Waals surface area contributed by atoms with Crippen molar-refractivity contribution in [3.63, 3.8) is 0 Å². The number of nitrogens with one attached hydrogen (secondary N) is 2. The molecule has 9 nitrogen and oxygen atoms in total. The van der Waals surface area contributed by atoms with Crippen molar-refractivity contribution in [2.24, 2.45) is 39.7 Å². The maximum absolute atomic E-state index is 13.6. The summed E-state index contributed by atoms with van der Waals surface area (Å²) in [5.74, 6) is -0.965. The van der Waals surface area contributed by atoms with Gasteiger partial charge in [0.15, 0.2) is 0 Å². The smallest absolute Gasteiger partial charge is 0.316 e. The minimum atomic E-state index is -0.727. The first-order chi connectivity index (χ1) is 21.1. The van der Waals surface area contributed by atoms with Crippen molar-refractivity contribution in [2.75, 3.05) is 5.75 Å². The van der Waals surface area contributed by atoms with E-state index < -0.39 is 41.0 Å². The molecule has 10 heteroatoms. The number of ketones is 1. The number of esters is 1. The fourth-order valence-corrected chi connectivity index (χ4v) is 9.10. The van der Waals surface area contributed by atoms with Crippen molar-refractivity contribution in [3.05, 3.63) is 42.5 Å². The van der Waals surface area contributed by atoms with Crippen molar-refractivity contribution in [1.29, 1.82) is 0 Å². The van der Waals surface area contributed by atoms with Gasteiger partial charge in [-0.05, 0) is 74.5 Å². The number of thioether (sulfide) groups is 1. The number of aliphatic hydroxyl groups is 1. The minimum Gasteiger partial charge on any atom is -0.461 e. The topological polar surface area (TPSA) is 148 Å². The van der Waals surface area contributed by atoms with Crippen LogP contribution in [0.25, 0.3) is 0 Å². The van der Waals surface area contributed by atoms with E-state index in [1.165, 1.54) is 11.8 Å². The molecule has 3 saturated carbocycles. The third-order valence-electron chi connectivity index (χ3n) is 11.5. The Hall–Kier alpha value is -2.69. The molecule has 0 spiro atoms. The van der Waals surface area contributed by atoms with Gasteiger partial charge in [-0.2, -0.15) is 0 Å². The number of nitrogens with two attached hydrogens (primary N) is 1. The van der Waals surface area contributed by atoms with Crippen LogP contribution in [0.1, 0.15) is 79.2 Å². The maximum atomic E-state index is 13.6. The number of benzene rings is 1. The summed E-state index contributed by atoms with van der Waals surface area (Å²) in [6.07, 6.45) is 4.02. The van der Waals surface area contributed by atoms with E-state index in [1.807, 2.05) is 31.2 Å². The first kappa shape index (κ1) is 35.2. The average molecular weight is 642 g/mol. The minimum absolute atomic E-state index is 0.0740. The number of hydrogen-bond donors (Lipinski definition) is 4. The molecule has 0 radical (unpaired) electrons. The van der Waals surface area contributed by atoms with Gasteiger partial charge in [-0.3, -0.25) is 19.2 Å². The zero-order valence-electron chi connectivity index (χ0n) is 27.6. The van der Waals surface area contributed by atoms with Crippen LogP contribution in [0.15, 0.2) is 41.8 Å². The van der Waals surface area contributed by atoms with Gasteiger partial charge >= 0.3 is 5.97 Å². The normalized spacial score (nSPS) is 35.6. The lowest BCUT2D eigenvalue weighted by atomic mass is 9.44. The van der Waals surface area contributed by atoms with E-state index in [-0.39, 0.29) is 53.1 Å². The van der Waals surface area contributed by atoms with E-state index in [0.29, 0.717) is 12.8 Å². The molecule has 3 unspecified atom stereocenters. The molecule has 0 aliphatic heterocycles. The summed E-state index contributed by atoms with van der Waals surface area (Å²) < 4.78 is 6.35. The summed E-state index contributed by atoms with van der Waals surface area (Å²) in [6.45, 7) is 15.9. The second-order valence-electron chi connectivity index (χ2n) is 14.2. The van der Waals surface area contributed by atoms with Gasteiger partial charge in [0.25, 0.3) is 0 Å². The molecule has 248 valence electrons. The van der Waals surface area contributed by atoms with Gasteiger partial charge in [-0.15, -0.1) is 18.3 Å². The number of carbonyl (C=O) groups is 4. The Morgan fingerprint density at radius 2 is 1.91 bits per heavy atom. The van der Waals surface area contributed by atoms with E-state index in [2.05, 4.69) is 38.0 Å². The third-order valence-corrected chi connectivity index (χ3v) is 12.4. The van der Waals surface area contributed by atoms with Crippen molar-refractivity contribution in [1.82, 2.24) is 10.6 Å². The second-order valence-corrected chi connectivity index (χ2v) is 15.3. The lowest BCUT2D eigenvalue weighted by Gasteiger charge is -2.61.